The predicted molar refractivity (Wildman–Crippen MR) is 85.4 cm³/mol. The summed E-state index contributed by atoms with van der Waals surface area (Å²) in [6.45, 7) is 0.735. The van der Waals surface area contributed by atoms with Gasteiger partial charge < -0.3 is 4.90 Å². The van der Waals surface area contributed by atoms with Gasteiger partial charge in [-0.25, -0.2) is 17.7 Å². The summed E-state index contributed by atoms with van der Waals surface area (Å²) in [6, 6.07) is 3.86. The van der Waals surface area contributed by atoms with E-state index in [9.17, 15) is 8.42 Å². The molecule has 1 aliphatic rings. The highest BCUT2D eigenvalue weighted by Gasteiger charge is 2.24. The van der Waals surface area contributed by atoms with Gasteiger partial charge in [0.15, 0.2) is 0 Å². The van der Waals surface area contributed by atoms with Gasteiger partial charge in [0.2, 0.25) is 10.0 Å². The maximum absolute atomic E-state index is 12.0. The Morgan fingerprint density at radius 1 is 1.29 bits per heavy atom. The summed E-state index contributed by atoms with van der Waals surface area (Å²) in [5.74, 6) is 1.34. The van der Waals surface area contributed by atoms with Crippen molar-refractivity contribution < 1.29 is 8.42 Å². The third-order valence-electron chi connectivity index (χ3n) is 3.88. The van der Waals surface area contributed by atoms with Gasteiger partial charge in [-0.2, -0.15) is 0 Å². The molecule has 7 heteroatoms. The molecule has 0 unspecified atom stereocenters. The lowest BCUT2D eigenvalue weighted by Gasteiger charge is -2.29. The number of halogens is 1. The highest BCUT2D eigenvalue weighted by Crippen LogP contribution is 2.27. The summed E-state index contributed by atoms with van der Waals surface area (Å²) in [4.78, 5) is 6.77. The first-order valence-corrected chi connectivity index (χ1v) is 9.15. The van der Waals surface area contributed by atoms with Gasteiger partial charge in [-0.15, -0.1) is 11.6 Å². The number of sulfonamides is 1. The Labute approximate surface area is 132 Å². The first-order valence-electron chi connectivity index (χ1n) is 7.18. The molecule has 0 aliphatic heterocycles. The molecule has 0 saturated heterocycles. The van der Waals surface area contributed by atoms with E-state index in [1.54, 1.807) is 12.1 Å². The van der Waals surface area contributed by atoms with E-state index < -0.39 is 10.0 Å². The van der Waals surface area contributed by atoms with Crippen LogP contribution < -0.4 is 4.90 Å². The van der Waals surface area contributed by atoms with Crippen LogP contribution in [0.25, 0.3) is 0 Å². The Bertz CT molecular complexity index is 554. The van der Waals surface area contributed by atoms with Gasteiger partial charge in [0, 0.05) is 38.8 Å². The van der Waals surface area contributed by atoms with Crippen molar-refractivity contribution in [2.45, 2.75) is 36.6 Å². The van der Waals surface area contributed by atoms with E-state index in [0.717, 1.165) is 25.2 Å². The number of alkyl halides is 1. The number of hydrogen-bond donors (Lipinski definition) is 0. The summed E-state index contributed by atoms with van der Waals surface area (Å²) in [5, 5.41) is 0. The van der Waals surface area contributed by atoms with E-state index in [-0.39, 0.29) is 4.90 Å². The molecule has 1 aliphatic carbocycles. The van der Waals surface area contributed by atoms with Gasteiger partial charge in [-0.3, -0.25) is 0 Å². The predicted octanol–water partition coefficient (Wildman–Crippen LogP) is 2.32. The van der Waals surface area contributed by atoms with Gasteiger partial charge >= 0.3 is 0 Å². The van der Waals surface area contributed by atoms with E-state index in [1.807, 2.05) is 0 Å². The summed E-state index contributed by atoms with van der Waals surface area (Å²) in [5.41, 5.74) is 0. The number of rotatable bonds is 6. The van der Waals surface area contributed by atoms with Crippen LogP contribution in [0.4, 0.5) is 5.82 Å². The van der Waals surface area contributed by atoms with Crippen LogP contribution in [0.1, 0.15) is 25.7 Å². The molecule has 0 bridgehead atoms. The standard InChI is InChI=1S/C14H22ClN3O2S/c1-17(2)21(19,20)13-7-8-14(16-11-13)18(10-9-15)12-5-3-4-6-12/h7-8,11-12H,3-6,9-10H2,1-2H3. The van der Waals surface area contributed by atoms with Crippen LogP contribution in [0.2, 0.25) is 0 Å². The van der Waals surface area contributed by atoms with Crippen molar-refractivity contribution in [3.63, 3.8) is 0 Å². The van der Waals surface area contributed by atoms with Gasteiger partial charge in [-0.05, 0) is 25.0 Å². The Balaban J connectivity index is 2.23. The molecule has 1 aromatic rings. The summed E-state index contributed by atoms with van der Waals surface area (Å²) < 4.78 is 25.3. The fraction of sp³-hybridized carbons (Fsp3) is 0.643. The summed E-state index contributed by atoms with van der Waals surface area (Å²) >= 11 is 5.90. The molecule has 0 amide bonds. The average Bonchev–Trinajstić information content (AvgIpc) is 2.98. The zero-order valence-corrected chi connectivity index (χ0v) is 14.1. The van der Waals surface area contributed by atoms with Crippen molar-refractivity contribution in [3.8, 4) is 0 Å². The second-order valence-electron chi connectivity index (χ2n) is 5.46. The summed E-state index contributed by atoms with van der Waals surface area (Å²) in [6.07, 6.45) is 6.20. The van der Waals surface area contributed by atoms with E-state index >= 15 is 0 Å². The van der Waals surface area contributed by atoms with E-state index in [2.05, 4.69) is 9.88 Å². The second kappa shape index (κ2) is 6.94. The maximum atomic E-state index is 12.0. The Morgan fingerprint density at radius 2 is 1.95 bits per heavy atom. The number of pyridine rings is 1. The molecule has 1 aromatic heterocycles. The largest absolute Gasteiger partial charge is 0.352 e. The number of anilines is 1. The van der Waals surface area contributed by atoms with Crippen LogP contribution in [0.15, 0.2) is 23.2 Å². The minimum absolute atomic E-state index is 0.216. The normalized spacial score (nSPS) is 16.6. The topological polar surface area (TPSA) is 53.5 Å². The number of hydrogen-bond acceptors (Lipinski definition) is 4. The molecule has 2 rings (SSSR count). The van der Waals surface area contributed by atoms with E-state index in [0.29, 0.717) is 11.9 Å². The molecule has 0 radical (unpaired) electrons. The zero-order chi connectivity index (χ0) is 15.5. The van der Waals surface area contributed by atoms with Crippen LogP contribution in [0, 0.1) is 0 Å². The van der Waals surface area contributed by atoms with E-state index in [4.69, 9.17) is 11.6 Å². The average molecular weight is 332 g/mol. The van der Waals surface area contributed by atoms with Crippen molar-refractivity contribution in [2.75, 3.05) is 31.4 Å². The third kappa shape index (κ3) is 3.67. The molecule has 21 heavy (non-hydrogen) atoms. The Kier molecular flexibility index (Phi) is 5.46. The van der Waals surface area contributed by atoms with E-state index in [1.165, 1.54) is 37.4 Å². The fourth-order valence-corrected chi connectivity index (χ4v) is 3.73. The van der Waals surface area contributed by atoms with Crippen LogP contribution in [-0.2, 0) is 10.0 Å². The van der Waals surface area contributed by atoms with Crippen LogP contribution >= 0.6 is 11.6 Å². The lowest BCUT2D eigenvalue weighted by Crippen LogP contribution is -2.35. The minimum atomic E-state index is -3.42. The first-order chi connectivity index (χ1) is 9.96. The molecule has 1 saturated carbocycles. The zero-order valence-electron chi connectivity index (χ0n) is 12.5. The molecule has 1 fully saturated rings. The smallest absolute Gasteiger partial charge is 0.244 e. The minimum Gasteiger partial charge on any atom is -0.352 e. The molecule has 0 N–H and O–H groups in total. The van der Waals surface area contributed by atoms with Crippen molar-refractivity contribution >= 4 is 27.4 Å². The summed E-state index contributed by atoms with van der Waals surface area (Å²) in [7, 11) is -0.394. The molecular weight excluding hydrogens is 310 g/mol. The quantitative estimate of drug-likeness (QED) is 0.751. The SMILES string of the molecule is CN(C)S(=O)(=O)c1ccc(N(CCCl)C2CCCC2)nc1. The van der Waals surface area contributed by atoms with Gasteiger partial charge in [-0.1, -0.05) is 12.8 Å². The second-order valence-corrected chi connectivity index (χ2v) is 7.99. The fourth-order valence-electron chi connectivity index (χ4n) is 2.70. The van der Waals surface area contributed by atoms with Crippen LogP contribution in [0.5, 0.6) is 0 Å². The molecule has 0 atom stereocenters. The lowest BCUT2D eigenvalue weighted by molar-refractivity contribution is 0.520. The molecule has 0 aromatic carbocycles. The molecule has 118 valence electrons. The lowest BCUT2D eigenvalue weighted by atomic mass is 10.2. The number of nitrogens with zero attached hydrogens (tertiary/aromatic N) is 3. The van der Waals surface area contributed by atoms with Crippen molar-refractivity contribution in [3.05, 3.63) is 18.3 Å². The maximum Gasteiger partial charge on any atom is 0.244 e. The van der Waals surface area contributed by atoms with Crippen molar-refractivity contribution in [2.24, 2.45) is 0 Å². The molecular formula is C14H22ClN3O2S. The monoisotopic (exact) mass is 331 g/mol. The van der Waals surface area contributed by atoms with Crippen molar-refractivity contribution in [1.29, 1.82) is 0 Å². The Morgan fingerprint density at radius 3 is 2.43 bits per heavy atom. The third-order valence-corrected chi connectivity index (χ3v) is 5.85. The number of aromatic nitrogens is 1. The van der Waals surface area contributed by atoms with Gasteiger partial charge in [0.25, 0.3) is 0 Å². The van der Waals surface area contributed by atoms with Gasteiger partial charge in [0.1, 0.15) is 10.7 Å². The molecule has 5 nitrogen and oxygen atoms in total. The molecule has 0 spiro atoms. The Hall–Kier alpha value is -0.850. The molecule has 1 heterocycles. The van der Waals surface area contributed by atoms with Crippen LogP contribution in [0.3, 0.4) is 0 Å². The van der Waals surface area contributed by atoms with Crippen LogP contribution in [-0.4, -0.2) is 50.3 Å². The first kappa shape index (κ1) is 16.5. The highest BCUT2D eigenvalue weighted by molar-refractivity contribution is 7.89. The van der Waals surface area contributed by atoms with Gasteiger partial charge in [0.05, 0.1) is 0 Å². The van der Waals surface area contributed by atoms with Crippen molar-refractivity contribution in [1.82, 2.24) is 9.29 Å². The highest BCUT2D eigenvalue weighted by atomic mass is 35.5.